The number of rotatable bonds is 4. The highest BCUT2D eigenvalue weighted by Crippen LogP contribution is 2.36. The molecule has 0 aliphatic rings. The second kappa shape index (κ2) is 6.47. The van der Waals surface area contributed by atoms with Crippen molar-refractivity contribution in [3.8, 4) is 6.07 Å². The maximum Gasteiger partial charge on any atom is 0.408 e. The van der Waals surface area contributed by atoms with Crippen molar-refractivity contribution in [3.05, 3.63) is 52.7 Å². The molecule has 1 N–H and O–H groups in total. The van der Waals surface area contributed by atoms with Gasteiger partial charge in [-0.05, 0) is 41.8 Å². The van der Waals surface area contributed by atoms with E-state index in [0.717, 1.165) is 47.6 Å². The first-order valence-corrected chi connectivity index (χ1v) is 7.28. The molecule has 2 rings (SSSR count). The van der Waals surface area contributed by atoms with Crippen LogP contribution < -0.4 is 4.72 Å². The second-order valence-corrected chi connectivity index (χ2v) is 6.20. The zero-order valence-corrected chi connectivity index (χ0v) is 12.0. The molecule has 2 nitrogen and oxygen atoms in total. The van der Waals surface area contributed by atoms with Gasteiger partial charge in [-0.2, -0.15) is 18.4 Å². The van der Waals surface area contributed by atoms with Crippen LogP contribution in [-0.2, 0) is 0 Å². The van der Waals surface area contributed by atoms with E-state index >= 15 is 0 Å². The Labute approximate surface area is 126 Å². The summed E-state index contributed by atoms with van der Waals surface area (Å²) in [4.78, 5) is 0.421. The molecule has 0 bridgehead atoms. The maximum atomic E-state index is 13.1. The molecule has 0 fully saturated rings. The van der Waals surface area contributed by atoms with E-state index in [9.17, 15) is 17.6 Å². The molecule has 0 amide bonds. The summed E-state index contributed by atoms with van der Waals surface area (Å²) in [7, 11) is 0. The summed E-state index contributed by atoms with van der Waals surface area (Å²) in [5.74, 6) is -0.593. The molecule has 0 saturated carbocycles. The molecule has 110 valence electrons. The van der Waals surface area contributed by atoms with E-state index in [2.05, 4.69) is 4.72 Å². The molecule has 1 aromatic heterocycles. The molecule has 0 saturated heterocycles. The number of nitriles is 1. The minimum absolute atomic E-state index is 0.0755. The van der Waals surface area contributed by atoms with Crippen LogP contribution in [0.25, 0.3) is 0 Å². The third-order valence-corrected chi connectivity index (χ3v) is 4.47. The Bertz CT molecular complexity index is 643. The summed E-state index contributed by atoms with van der Waals surface area (Å²) < 4.78 is 54.9. The lowest BCUT2D eigenvalue weighted by Crippen LogP contribution is -2.30. The Morgan fingerprint density at radius 1 is 1.14 bits per heavy atom. The van der Waals surface area contributed by atoms with Crippen molar-refractivity contribution in [1.29, 1.82) is 5.26 Å². The quantitative estimate of drug-likeness (QED) is 0.653. The minimum Gasteiger partial charge on any atom is -0.243 e. The summed E-state index contributed by atoms with van der Waals surface area (Å²) in [6, 6.07) is 7.26. The highest BCUT2D eigenvalue weighted by molar-refractivity contribution is 7.99. The first-order valence-electron chi connectivity index (χ1n) is 5.64. The lowest BCUT2D eigenvalue weighted by molar-refractivity contribution is -0.152. The van der Waals surface area contributed by atoms with Gasteiger partial charge in [0.25, 0.3) is 0 Å². The molecule has 21 heavy (non-hydrogen) atoms. The van der Waals surface area contributed by atoms with E-state index in [0.29, 0.717) is 9.09 Å². The first-order chi connectivity index (χ1) is 9.90. The van der Waals surface area contributed by atoms with Gasteiger partial charge < -0.3 is 0 Å². The summed E-state index contributed by atoms with van der Waals surface area (Å²) in [6.07, 6.45) is -4.51. The van der Waals surface area contributed by atoms with Crippen molar-refractivity contribution >= 4 is 23.3 Å². The Balaban J connectivity index is 2.14. The van der Waals surface area contributed by atoms with Gasteiger partial charge in [0, 0.05) is 0 Å². The summed E-state index contributed by atoms with van der Waals surface area (Å²) >= 11 is 1.89. The molecule has 1 heterocycles. The van der Waals surface area contributed by atoms with Crippen molar-refractivity contribution in [3.63, 3.8) is 0 Å². The van der Waals surface area contributed by atoms with Gasteiger partial charge in [0.1, 0.15) is 22.8 Å². The lowest BCUT2D eigenvalue weighted by atomic mass is 10.1. The van der Waals surface area contributed by atoms with Crippen LogP contribution in [0.3, 0.4) is 0 Å². The molecule has 1 unspecified atom stereocenters. The Kier molecular flexibility index (Phi) is 4.88. The van der Waals surface area contributed by atoms with Crippen LogP contribution in [0.15, 0.2) is 40.6 Å². The number of alkyl halides is 3. The molecular formula is C13H8F4N2S2. The van der Waals surface area contributed by atoms with Gasteiger partial charge in [-0.25, -0.2) is 9.11 Å². The van der Waals surface area contributed by atoms with Crippen LogP contribution in [-0.4, -0.2) is 6.18 Å². The van der Waals surface area contributed by atoms with Gasteiger partial charge in [0.05, 0.1) is 4.21 Å². The van der Waals surface area contributed by atoms with Gasteiger partial charge >= 0.3 is 6.18 Å². The van der Waals surface area contributed by atoms with E-state index in [1.807, 2.05) is 6.07 Å². The van der Waals surface area contributed by atoms with E-state index in [-0.39, 0.29) is 5.56 Å². The number of thiophene rings is 1. The monoisotopic (exact) mass is 332 g/mol. The maximum absolute atomic E-state index is 13.1. The molecule has 0 radical (unpaired) electrons. The Hall–Kier alpha value is -1.56. The van der Waals surface area contributed by atoms with Crippen molar-refractivity contribution in [2.75, 3.05) is 0 Å². The average molecular weight is 332 g/mol. The molecular weight excluding hydrogens is 324 g/mol. The van der Waals surface area contributed by atoms with Crippen molar-refractivity contribution in [1.82, 2.24) is 4.72 Å². The van der Waals surface area contributed by atoms with Crippen LogP contribution in [0.1, 0.15) is 16.5 Å². The fourth-order valence-electron chi connectivity index (χ4n) is 1.53. The lowest BCUT2D eigenvalue weighted by Gasteiger charge is -2.21. The van der Waals surface area contributed by atoms with Crippen molar-refractivity contribution < 1.29 is 17.6 Å². The molecule has 2 aromatic rings. The topological polar surface area (TPSA) is 35.8 Å². The first kappa shape index (κ1) is 15.8. The van der Waals surface area contributed by atoms with Gasteiger partial charge in [0.15, 0.2) is 0 Å². The normalized spacial score (nSPS) is 12.9. The summed E-state index contributed by atoms with van der Waals surface area (Å²) in [6.45, 7) is 0. The smallest absolute Gasteiger partial charge is 0.243 e. The number of hydrogen-bond acceptors (Lipinski definition) is 4. The minimum atomic E-state index is -4.51. The van der Waals surface area contributed by atoms with Crippen molar-refractivity contribution in [2.24, 2.45) is 0 Å². The largest absolute Gasteiger partial charge is 0.408 e. The van der Waals surface area contributed by atoms with Crippen LogP contribution in [0, 0.1) is 17.1 Å². The van der Waals surface area contributed by atoms with Crippen molar-refractivity contribution in [2.45, 2.75) is 16.4 Å². The molecule has 0 aliphatic carbocycles. The second-order valence-electron chi connectivity index (χ2n) is 3.98. The predicted molar refractivity (Wildman–Crippen MR) is 73.2 cm³/mol. The summed E-state index contributed by atoms with van der Waals surface area (Å²) in [5.41, 5.74) is -0.0755. The molecule has 0 aliphatic heterocycles. The fourth-order valence-corrected chi connectivity index (χ4v) is 3.29. The van der Waals surface area contributed by atoms with E-state index in [4.69, 9.17) is 5.26 Å². The SMILES string of the molecule is N#Cc1ccc(SNC(c2ccc(F)cc2)C(F)(F)F)s1. The zero-order valence-electron chi connectivity index (χ0n) is 10.3. The number of halogens is 4. The fraction of sp³-hybridized carbons (Fsp3) is 0.154. The molecule has 1 atom stereocenters. The highest BCUT2D eigenvalue weighted by atomic mass is 32.2. The summed E-state index contributed by atoms with van der Waals surface area (Å²) in [5, 5.41) is 8.68. The molecule has 8 heteroatoms. The predicted octanol–water partition coefficient (Wildman–Crippen LogP) is 4.66. The number of nitrogens with zero attached hydrogens (tertiary/aromatic N) is 1. The van der Waals surface area contributed by atoms with E-state index < -0.39 is 18.0 Å². The third-order valence-electron chi connectivity index (χ3n) is 2.50. The Morgan fingerprint density at radius 3 is 2.33 bits per heavy atom. The number of nitrogens with one attached hydrogen (secondary N) is 1. The average Bonchev–Trinajstić information content (AvgIpc) is 2.87. The van der Waals surface area contributed by atoms with Gasteiger partial charge in [-0.3, -0.25) is 0 Å². The number of benzene rings is 1. The van der Waals surface area contributed by atoms with E-state index in [1.54, 1.807) is 6.07 Å². The third kappa shape index (κ3) is 4.20. The van der Waals surface area contributed by atoms with Crippen LogP contribution in [0.4, 0.5) is 17.6 Å². The van der Waals surface area contributed by atoms with Gasteiger partial charge in [-0.1, -0.05) is 12.1 Å². The standard InChI is InChI=1S/C13H8F4N2S2/c14-9-3-1-8(2-4-9)12(13(15,16)17)19-21-11-6-5-10(7-18)20-11/h1-6,12,19H. The molecule has 1 aromatic carbocycles. The Morgan fingerprint density at radius 2 is 1.81 bits per heavy atom. The van der Waals surface area contributed by atoms with Crippen LogP contribution in [0.2, 0.25) is 0 Å². The van der Waals surface area contributed by atoms with Crippen LogP contribution >= 0.6 is 23.3 Å². The number of hydrogen-bond donors (Lipinski definition) is 1. The molecule has 0 spiro atoms. The van der Waals surface area contributed by atoms with Crippen LogP contribution in [0.5, 0.6) is 0 Å². The highest BCUT2D eigenvalue weighted by Gasteiger charge is 2.40. The van der Waals surface area contributed by atoms with Gasteiger partial charge in [-0.15, -0.1) is 11.3 Å². The van der Waals surface area contributed by atoms with E-state index in [1.165, 1.54) is 6.07 Å². The van der Waals surface area contributed by atoms with Gasteiger partial charge in [0.2, 0.25) is 0 Å². The zero-order chi connectivity index (χ0) is 15.5.